The van der Waals surface area contributed by atoms with E-state index in [-0.39, 0.29) is 0 Å². The van der Waals surface area contributed by atoms with Gasteiger partial charge >= 0.3 is 0 Å². The topological polar surface area (TPSA) is 46.5 Å². The summed E-state index contributed by atoms with van der Waals surface area (Å²) in [5.41, 5.74) is 1.46. The fraction of sp³-hybridized carbons (Fsp3) is 0.571. The molecule has 4 nitrogen and oxygen atoms in total. The van der Waals surface area contributed by atoms with Gasteiger partial charge in [-0.15, -0.1) is 0 Å². The molecule has 1 aromatic heterocycles. The number of thioether (sulfide) groups is 1. The number of rotatable bonds is 2. The molecule has 3 rings (SSSR count). The molecule has 1 aromatic rings. The van der Waals surface area contributed by atoms with Crippen LogP contribution in [0.2, 0.25) is 0 Å². The monoisotopic (exact) mass is 277 g/mol. The Kier molecular flexibility index (Phi) is 3.64. The Hall–Kier alpha value is -1.23. The van der Waals surface area contributed by atoms with Crippen LogP contribution in [0.5, 0.6) is 5.88 Å². The number of hydrogen-bond acceptors (Lipinski definition) is 5. The zero-order valence-electron chi connectivity index (χ0n) is 11.2. The van der Waals surface area contributed by atoms with Gasteiger partial charge in [-0.25, -0.2) is 4.98 Å². The minimum Gasteiger partial charge on any atom is -0.481 e. The normalized spacial score (nSPS) is 21.2. The van der Waals surface area contributed by atoms with Crippen LogP contribution in [0.4, 0.5) is 5.69 Å². The van der Waals surface area contributed by atoms with Crippen molar-refractivity contribution in [2.75, 3.05) is 24.7 Å². The Labute approximate surface area is 118 Å². The molecule has 19 heavy (non-hydrogen) atoms. The van der Waals surface area contributed by atoms with Crippen LogP contribution in [0.1, 0.15) is 25.7 Å². The summed E-state index contributed by atoms with van der Waals surface area (Å²) >= 11 is 1.84. The zero-order valence-corrected chi connectivity index (χ0v) is 12.0. The lowest BCUT2D eigenvalue weighted by molar-refractivity contribution is 0.359. The van der Waals surface area contributed by atoms with Crippen molar-refractivity contribution in [1.29, 1.82) is 0 Å². The van der Waals surface area contributed by atoms with Crippen LogP contribution >= 0.6 is 11.8 Å². The summed E-state index contributed by atoms with van der Waals surface area (Å²) in [6.45, 7) is 0.978. The van der Waals surface area contributed by atoms with E-state index in [1.807, 2.05) is 23.9 Å². The molecule has 2 heterocycles. The molecule has 0 radical (unpaired) electrons. The van der Waals surface area contributed by atoms with Gasteiger partial charge in [0.25, 0.3) is 0 Å². The number of methoxy groups -OCH3 is 1. The fourth-order valence-corrected chi connectivity index (χ4v) is 3.92. The quantitative estimate of drug-likeness (QED) is 0.902. The number of nitrogens with one attached hydrogen (secondary N) is 1. The van der Waals surface area contributed by atoms with Crippen molar-refractivity contribution in [2.24, 2.45) is 10.4 Å². The summed E-state index contributed by atoms with van der Waals surface area (Å²) in [6, 6.07) is 3.82. The SMILES string of the molecule is COc1ccc(NC2=NCC3(CCCC3)CS2)cn1. The first-order chi connectivity index (χ1) is 9.30. The van der Waals surface area contributed by atoms with E-state index in [1.54, 1.807) is 13.3 Å². The van der Waals surface area contributed by atoms with Crippen LogP contribution in [0.15, 0.2) is 23.3 Å². The molecular weight excluding hydrogens is 258 g/mol. The second-order valence-electron chi connectivity index (χ2n) is 5.33. The third kappa shape index (κ3) is 2.86. The number of nitrogens with zero attached hydrogens (tertiary/aromatic N) is 2. The minimum atomic E-state index is 0.494. The molecule has 0 bridgehead atoms. The van der Waals surface area contributed by atoms with Crippen molar-refractivity contribution in [3.05, 3.63) is 18.3 Å². The summed E-state index contributed by atoms with van der Waals surface area (Å²) in [6.07, 6.45) is 7.23. The molecule has 0 aromatic carbocycles. The summed E-state index contributed by atoms with van der Waals surface area (Å²) in [5, 5.41) is 4.35. The highest BCUT2D eigenvalue weighted by molar-refractivity contribution is 8.14. The molecule has 1 aliphatic heterocycles. The van der Waals surface area contributed by atoms with Gasteiger partial charge in [0.15, 0.2) is 5.17 Å². The van der Waals surface area contributed by atoms with Crippen molar-refractivity contribution in [2.45, 2.75) is 25.7 Å². The van der Waals surface area contributed by atoms with Crippen molar-refractivity contribution in [3.8, 4) is 5.88 Å². The second-order valence-corrected chi connectivity index (χ2v) is 6.30. The number of hydrogen-bond donors (Lipinski definition) is 1. The second kappa shape index (κ2) is 5.41. The summed E-state index contributed by atoms with van der Waals surface area (Å²) < 4.78 is 5.05. The Morgan fingerprint density at radius 2 is 2.16 bits per heavy atom. The first-order valence-corrected chi connectivity index (χ1v) is 7.73. The highest BCUT2D eigenvalue weighted by Crippen LogP contribution is 2.43. The van der Waals surface area contributed by atoms with Gasteiger partial charge in [0.05, 0.1) is 19.0 Å². The van der Waals surface area contributed by atoms with Crippen LogP contribution in [0.25, 0.3) is 0 Å². The van der Waals surface area contributed by atoms with Gasteiger partial charge in [0.1, 0.15) is 0 Å². The first kappa shape index (κ1) is 12.8. The standard InChI is InChI=1S/C14H19N3OS/c1-18-12-5-4-11(8-15-12)17-13-16-9-14(10-19-13)6-2-3-7-14/h4-5,8H,2-3,6-7,9-10H2,1H3,(H,16,17). The average molecular weight is 277 g/mol. The Morgan fingerprint density at radius 3 is 2.74 bits per heavy atom. The van der Waals surface area contributed by atoms with Gasteiger partial charge in [0.2, 0.25) is 5.88 Å². The van der Waals surface area contributed by atoms with Gasteiger partial charge < -0.3 is 10.1 Å². The van der Waals surface area contributed by atoms with E-state index in [9.17, 15) is 0 Å². The molecule has 102 valence electrons. The van der Waals surface area contributed by atoms with Crippen LogP contribution < -0.4 is 10.1 Å². The van der Waals surface area contributed by atoms with Gasteiger partial charge in [-0.3, -0.25) is 4.99 Å². The maximum Gasteiger partial charge on any atom is 0.213 e. The lowest BCUT2D eigenvalue weighted by atomic mass is 9.89. The molecule has 5 heteroatoms. The Morgan fingerprint density at radius 1 is 1.32 bits per heavy atom. The molecule has 1 N–H and O–H groups in total. The molecule has 1 aliphatic carbocycles. The number of amidine groups is 1. The van der Waals surface area contributed by atoms with Gasteiger partial charge in [0, 0.05) is 18.4 Å². The highest BCUT2D eigenvalue weighted by atomic mass is 32.2. The van der Waals surface area contributed by atoms with E-state index in [2.05, 4.69) is 10.3 Å². The molecule has 0 unspecified atom stereocenters. The maximum atomic E-state index is 5.05. The largest absolute Gasteiger partial charge is 0.481 e. The predicted molar refractivity (Wildman–Crippen MR) is 80.1 cm³/mol. The number of aromatic nitrogens is 1. The Bertz CT molecular complexity index is 466. The molecule has 1 saturated carbocycles. The van der Waals surface area contributed by atoms with Crippen molar-refractivity contribution in [3.63, 3.8) is 0 Å². The van der Waals surface area contributed by atoms with E-state index in [0.29, 0.717) is 11.3 Å². The smallest absolute Gasteiger partial charge is 0.213 e. The van der Waals surface area contributed by atoms with E-state index >= 15 is 0 Å². The lowest BCUT2D eigenvalue weighted by Gasteiger charge is -2.31. The summed E-state index contributed by atoms with van der Waals surface area (Å²) in [7, 11) is 1.62. The third-order valence-corrected chi connectivity index (χ3v) is 5.20. The fourth-order valence-electron chi connectivity index (χ4n) is 2.75. The minimum absolute atomic E-state index is 0.494. The molecule has 0 atom stereocenters. The zero-order chi connectivity index (χ0) is 13.1. The van der Waals surface area contributed by atoms with Crippen LogP contribution in [-0.4, -0.2) is 29.6 Å². The third-order valence-electron chi connectivity index (χ3n) is 3.93. The highest BCUT2D eigenvalue weighted by Gasteiger charge is 2.36. The summed E-state index contributed by atoms with van der Waals surface area (Å²) in [5.74, 6) is 1.83. The first-order valence-electron chi connectivity index (χ1n) is 6.74. The number of ether oxygens (including phenoxy) is 1. The van der Waals surface area contributed by atoms with Crippen molar-refractivity contribution >= 4 is 22.6 Å². The van der Waals surface area contributed by atoms with Gasteiger partial charge in [-0.05, 0) is 24.3 Å². The number of anilines is 1. The van der Waals surface area contributed by atoms with Crippen LogP contribution in [-0.2, 0) is 0 Å². The van der Waals surface area contributed by atoms with E-state index < -0.39 is 0 Å². The summed E-state index contributed by atoms with van der Waals surface area (Å²) in [4.78, 5) is 8.90. The lowest BCUT2D eigenvalue weighted by Crippen LogP contribution is -2.30. The molecule has 0 saturated heterocycles. The molecule has 2 aliphatic rings. The van der Waals surface area contributed by atoms with Crippen molar-refractivity contribution < 1.29 is 4.74 Å². The van der Waals surface area contributed by atoms with E-state index in [4.69, 9.17) is 9.73 Å². The van der Waals surface area contributed by atoms with E-state index in [1.165, 1.54) is 31.4 Å². The maximum absolute atomic E-state index is 5.05. The van der Waals surface area contributed by atoms with Crippen LogP contribution in [0, 0.1) is 5.41 Å². The van der Waals surface area contributed by atoms with E-state index in [0.717, 1.165) is 17.4 Å². The van der Waals surface area contributed by atoms with Gasteiger partial charge in [-0.1, -0.05) is 24.6 Å². The Balaban J connectivity index is 1.62. The average Bonchev–Trinajstić information content (AvgIpc) is 2.91. The molecule has 0 amide bonds. The molecular formula is C14H19N3OS. The molecule has 1 fully saturated rings. The van der Waals surface area contributed by atoms with Crippen LogP contribution in [0.3, 0.4) is 0 Å². The number of aliphatic imine (C=N–C) groups is 1. The predicted octanol–water partition coefficient (Wildman–Crippen LogP) is 3.17. The van der Waals surface area contributed by atoms with Crippen molar-refractivity contribution in [1.82, 2.24) is 4.98 Å². The molecule has 1 spiro atoms. The number of pyridine rings is 1. The van der Waals surface area contributed by atoms with Gasteiger partial charge in [-0.2, -0.15) is 0 Å².